The summed E-state index contributed by atoms with van der Waals surface area (Å²) in [6, 6.07) is 5.51. The van der Waals surface area contributed by atoms with E-state index in [1.807, 2.05) is 18.2 Å². The number of para-hydroxylation sites is 1. The van der Waals surface area contributed by atoms with Gasteiger partial charge in [0.15, 0.2) is 11.5 Å². The molecule has 88 valence electrons. The third-order valence-electron chi connectivity index (χ3n) is 2.96. The molecule has 0 aliphatic carbocycles. The Morgan fingerprint density at radius 3 is 2.81 bits per heavy atom. The summed E-state index contributed by atoms with van der Waals surface area (Å²) in [5, 5.41) is 0. The van der Waals surface area contributed by atoms with Gasteiger partial charge in [0.2, 0.25) is 0 Å². The Morgan fingerprint density at radius 1 is 1.38 bits per heavy atom. The Labute approximate surface area is 94.3 Å². The van der Waals surface area contributed by atoms with E-state index in [2.05, 4.69) is 0 Å². The summed E-state index contributed by atoms with van der Waals surface area (Å²) in [6.45, 7) is 2.55. The molecule has 0 saturated heterocycles. The molecule has 1 heterocycles. The van der Waals surface area contributed by atoms with Gasteiger partial charge in [0, 0.05) is 17.5 Å². The summed E-state index contributed by atoms with van der Waals surface area (Å²) in [5.41, 5.74) is 5.73. The van der Waals surface area contributed by atoms with E-state index in [1.165, 1.54) is 0 Å². The molecule has 0 amide bonds. The molecule has 1 aromatic rings. The summed E-state index contributed by atoms with van der Waals surface area (Å²) >= 11 is 0. The van der Waals surface area contributed by atoms with E-state index in [9.17, 15) is 4.39 Å². The van der Waals surface area contributed by atoms with Crippen molar-refractivity contribution in [1.29, 1.82) is 0 Å². The first-order valence-electron chi connectivity index (χ1n) is 5.36. The molecule has 4 heteroatoms. The number of alkyl halides is 1. The third-order valence-corrected chi connectivity index (χ3v) is 2.96. The van der Waals surface area contributed by atoms with E-state index in [1.54, 1.807) is 6.92 Å². The number of ether oxygens (including phenoxy) is 2. The van der Waals surface area contributed by atoms with Gasteiger partial charge in [-0.1, -0.05) is 19.1 Å². The second kappa shape index (κ2) is 4.29. The first-order chi connectivity index (χ1) is 7.71. The third kappa shape index (κ3) is 1.73. The minimum atomic E-state index is -0.702. The highest BCUT2D eigenvalue weighted by Crippen LogP contribution is 2.40. The zero-order valence-electron chi connectivity index (χ0n) is 9.33. The molecule has 0 bridgehead atoms. The molecule has 1 aromatic carbocycles. The molecule has 16 heavy (non-hydrogen) atoms. The van der Waals surface area contributed by atoms with Crippen LogP contribution in [0.1, 0.15) is 12.5 Å². The molecule has 1 aliphatic heterocycles. The van der Waals surface area contributed by atoms with Gasteiger partial charge in [-0.3, -0.25) is 4.39 Å². The number of halogens is 1. The van der Waals surface area contributed by atoms with Gasteiger partial charge in [-0.15, -0.1) is 0 Å². The Balaban J connectivity index is 2.48. The predicted molar refractivity (Wildman–Crippen MR) is 59.8 cm³/mol. The topological polar surface area (TPSA) is 44.5 Å². The van der Waals surface area contributed by atoms with E-state index in [-0.39, 0.29) is 6.54 Å². The van der Waals surface area contributed by atoms with Crippen molar-refractivity contribution in [2.75, 3.05) is 26.4 Å². The molecule has 1 aliphatic rings. The number of hydrogen-bond donors (Lipinski definition) is 1. The molecule has 1 atom stereocenters. The highest BCUT2D eigenvalue weighted by molar-refractivity contribution is 5.51. The van der Waals surface area contributed by atoms with Crippen LogP contribution in [0.3, 0.4) is 0 Å². The molecule has 2 N–H and O–H groups in total. The average Bonchev–Trinajstić information content (AvgIpc) is 2.37. The molecular weight excluding hydrogens is 209 g/mol. The monoisotopic (exact) mass is 225 g/mol. The van der Waals surface area contributed by atoms with Crippen LogP contribution in [0.15, 0.2) is 18.2 Å². The number of nitrogens with two attached hydrogens (primary N) is 1. The summed E-state index contributed by atoms with van der Waals surface area (Å²) in [7, 11) is 0. The maximum absolute atomic E-state index is 13.1. The number of benzene rings is 1. The van der Waals surface area contributed by atoms with E-state index >= 15 is 0 Å². The van der Waals surface area contributed by atoms with Crippen molar-refractivity contribution in [3.05, 3.63) is 23.8 Å². The Bertz CT molecular complexity index is 377. The second-order valence-corrected chi connectivity index (χ2v) is 4.23. The van der Waals surface area contributed by atoms with Crippen LogP contribution in [-0.4, -0.2) is 26.4 Å². The maximum Gasteiger partial charge on any atom is 0.165 e. The van der Waals surface area contributed by atoms with Crippen molar-refractivity contribution in [1.82, 2.24) is 0 Å². The lowest BCUT2D eigenvalue weighted by atomic mass is 9.83. The van der Waals surface area contributed by atoms with Gasteiger partial charge < -0.3 is 15.2 Å². The zero-order valence-corrected chi connectivity index (χ0v) is 9.33. The Hall–Kier alpha value is -1.29. The molecule has 0 radical (unpaired) electrons. The van der Waals surface area contributed by atoms with Crippen molar-refractivity contribution in [3.8, 4) is 11.5 Å². The van der Waals surface area contributed by atoms with Gasteiger partial charge in [0.1, 0.15) is 19.9 Å². The quantitative estimate of drug-likeness (QED) is 0.850. The van der Waals surface area contributed by atoms with Crippen LogP contribution in [0.25, 0.3) is 0 Å². The number of hydrogen-bond acceptors (Lipinski definition) is 3. The van der Waals surface area contributed by atoms with Crippen LogP contribution in [0.2, 0.25) is 0 Å². The van der Waals surface area contributed by atoms with Gasteiger partial charge in [0.25, 0.3) is 0 Å². The van der Waals surface area contributed by atoms with Crippen LogP contribution in [0.5, 0.6) is 11.5 Å². The number of rotatable bonds is 3. The minimum Gasteiger partial charge on any atom is -0.486 e. The van der Waals surface area contributed by atoms with E-state index < -0.39 is 12.1 Å². The first kappa shape index (κ1) is 11.2. The van der Waals surface area contributed by atoms with E-state index in [0.717, 1.165) is 5.56 Å². The fraction of sp³-hybridized carbons (Fsp3) is 0.500. The van der Waals surface area contributed by atoms with Crippen molar-refractivity contribution < 1.29 is 13.9 Å². The van der Waals surface area contributed by atoms with Gasteiger partial charge in [-0.05, 0) is 6.07 Å². The van der Waals surface area contributed by atoms with Crippen LogP contribution in [0.4, 0.5) is 4.39 Å². The SMILES string of the molecule is CC(CN)(CF)c1cccc2c1OCCO2. The summed E-state index contributed by atoms with van der Waals surface area (Å²) in [5.74, 6) is 1.32. The maximum atomic E-state index is 13.1. The van der Waals surface area contributed by atoms with E-state index in [4.69, 9.17) is 15.2 Å². The molecule has 0 aromatic heterocycles. The van der Waals surface area contributed by atoms with Crippen molar-refractivity contribution in [2.24, 2.45) is 5.73 Å². The lowest BCUT2D eigenvalue weighted by Crippen LogP contribution is -2.35. The standard InChI is InChI=1S/C12H16FNO2/c1-12(7-13,8-14)9-3-2-4-10-11(9)16-6-5-15-10/h2-4H,5-8,14H2,1H3. The average molecular weight is 225 g/mol. The highest BCUT2D eigenvalue weighted by atomic mass is 19.1. The largest absolute Gasteiger partial charge is 0.486 e. The lowest BCUT2D eigenvalue weighted by molar-refractivity contribution is 0.166. The molecular formula is C12H16FNO2. The molecule has 0 fully saturated rings. The highest BCUT2D eigenvalue weighted by Gasteiger charge is 2.31. The van der Waals surface area contributed by atoms with Crippen LogP contribution < -0.4 is 15.2 Å². The number of fused-ring (bicyclic) bond motifs is 1. The summed E-state index contributed by atoms with van der Waals surface area (Å²) in [4.78, 5) is 0. The van der Waals surface area contributed by atoms with Crippen LogP contribution in [-0.2, 0) is 5.41 Å². The van der Waals surface area contributed by atoms with Gasteiger partial charge in [0.05, 0.1) is 0 Å². The fourth-order valence-corrected chi connectivity index (χ4v) is 1.79. The minimum absolute atomic E-state index is 0.239. The first-order valence-corrected chi connectivity index (χ1v) is 5.36. The molecule has 0 spiro atoms. The molecule has 2 rings (SSSR count). The van der Waals surface area contributed by atoms with Gasteiger partial charge >= 0.3 is 0 Å². The van der Waals surface area contributed by atoms with Crippen molar-refractivity contribution >= 4 is 0 Å². The summed E-state index contributed by atoms with van der Waals surface area (Å²) in [6.07, 6.45) is 0. The van der Waals surface area contributed by atoms with Crippen molar-refractivity contribution in [3.63, 3.8) is 0 Å². The predicted octanol–water partition coefficient (Wildman–Crippen LogP) is 1.64. The van der Waals surface area contributed by atoms with Crippen molar-refractivity contribution in [2.45, 2.75) is 12.3 Å². The summed E-state index contributed by atoms with van der Waals surface area (Å²) < 4.78 is 24.1. The Morgan fingerprint density at radius 2 is 2.12 bits per heavy atom. The van der Waals surface area contributed by atoms with Crippen LogP contribution in [0, 0.1) is 0 Å². The Kier molecular flexibility index (Phi) is 3.01. The smallest absolute Gasteiger partial charge is 0.165 e. The molecule has 3 nitrogen and oxygen atoms in total. The van der Waals surface area contributed by atoms with E-state index in [0.29, 0.717) is 24.7 Å². The normalized spacial score (nSPS) is 17.9. The fourth-order valence-electron chi connectivity index (χ4n) is 1.79. The lowest BCUT2D eigenvalue weighted by Gasteiger charge is -2.30. The molecule has 0 saturated carbocycles. The molecule has 1 unspecified atom stereocenters. The van der Waals surface area contributed by atoms with Gasteiger partial charge in [-0.25, -0.2) is 0 Å². The zero-order chi connectivity index (χ0) is 11.6. The van der Waals surface area contributed by atoms with Gasteiger partial charge in [-0.2, -0.15) is 0 Å². The second-order valence-electron chi connectivity index (χ2n) is 4.23. The van der Waals surface area contributed by atoms with Crippen LogP contribution >= 0.6 is 0 Å².